The minimum absolute atomic E-state index is 0.0120. The zero-order valence-electron chi connectivity index (χ0n) is 10.7. The third-order valence-corrected chi connectivity index (χ3v) is 3.68. The molecule has 0 spiro atoms. The second kappa shape index (κ2) is 4.12. The van der Waals surface area contributed by atoms with Crippen molar-refractivity contribution in [3.05, 3.63) is 35.0 Å². The summed E-state index contributed by atoms with van der Waals surface area (Å²) in [6, 6.07) is 6.04. The number of benzene rings is 1. The molecule has 0 saturated heterocycles. The lowest BCUT2D eigenvalue weighted by Gasteiger charge is -2.05. The van der Waals surface area contributed by atoms with Crippen LogP contribution in [-0.2, 0) is 19.9 Å². The third kappa shape index (κ3) is 1.78. The first-order valence-electron chi connectivity index (χ1n) is 6.26. The maximum absolute atomic E-state index is 11.3. The highest BCUT2D eigenvalue weighted by Gasteiger charge is 2.22. The van der Waals surface area contributed by atoms with Crippen LogP contribution in [-0.4, -0.2) is 20.9 Å². The lowest BCUT2D eigenvalue weighted by Crippen LogP contribution is -2.00. The minimum Gasteiger partial charge on any atom is -0.476 e. The van der Waals surface area contributed by atoms with Crippen LogP contribution >= 0.6 is 0 Å². The van der Waals surface area contributed by atoms with Crippen LogP contribution in [0.15, 0.2) is 18.2 Å². The number of hydrogen-bond donors (Lipinski definition) is 2. The minimum atomic E-state index is -1.05. The van der Waals surface area contributed by atoms with Gasteiger partial charge in [-0.25, -0.2) is 4.79 Å². The molecule has 0 radical (unpaired) electrons. The number of aryl methyl sites for hydroxylation is 3. The van der Waals surface area contributed by atoms with Crippen molar-refractivity contribution in [2.45, 2.75) is 19.3 Å². The van der Waals surface area contributed by atoms with E-state index in [1.54, 1.807) is 7.05 Å². The molecule has 1 heterocycles. The van der Waals surface area contributed by atoms with E-state index in [-0.39, 0.29) is 5.69 Å². The highest BCUT2D eigenvalue weighted by atomic mass is 16.4. The van der Waals surface area contributed by atoms with E-state index >= 15 is 0 Å². The van der Waals surface area contributed by atoms with Crippen LogP contribution in [0.1, 0.15) is 28.0 Å². The van der Waals surface area contributed by atoms with Crippen molar-refractivity contribution in [1.82, 2.24) is 9.78 Å². The Bertz CT molecular complexity index is 674. The van der Waals surface area contributed by atoms with Gasteiger partial charge in [-0.15, -0.1) is 0 Å². The molecule has 5 heteroatoms. The van der Waals surface area contributed by atoms with Crippen molar-refractivity contribution in [2.75, 3.05) is 5.73 Å². The Balaban J connectivity index is 2.19. The molecular formula is C14H15N3O2. The number of rotatable bonds is 2. The number of aromatic nitrogens is 2. The van der Waals surface area contributed by atoms with Crippen LogP contribution in [0.5, 0.6) is 0 Å². The largest absolute Gasteiger partial charge is 0.476 e. The first kappa shape index (κ1) is 11.8. The second-order valence-electron chi connectivity index (χ2n) is 4.87. The summed E-state index contributed by atoms with van der Waals surface area (Å²) in [5.74, 6) is -0.668. The number of carbonyl (C=O) groups is 1. The van der Waals surface area contributed by atoms with Gasteiger partial charge in [0.15, 0.2) is 5.69 Å². The summed E-state index contributed by atoms with van der Waals surface area (Å²) in [5.41, 5.74) is 9.96. The Hall–Kier alpha value is -2.30. The molecule has 2 aromatic rings. The summed E-state index contributed by atoms with van der Waals surface area (Å²) in [4.78, 5) is 11.3. The van der Waals surface area contributed by atoms with Crippen molar-refractivity contribution in [3.63, 3.8) is 0 Å². The van der Waals surface area contributed by atoms with E-state index in [0.717, 1.165) is 24.8 Å². The van der Waals surface area contributed by atoms with Crippen molar-refractivity contribution in [1.29, 1.82) is 0 Å². The van der Waals surface area contributed by atoms with Crippen molar-refractivity contribution < 1.29 is 9.90 Å². The molecule has 0 bridgehead atoms. The fourth-order valence-electron chi connectivity index (χ4n) is 2.70. The molecule has 19 heavy (non-hydrogen) atoms. The average molecular weight is 257 g/mol. The third-order valence-electron chi connectivity index (χ3n) is 3.68. The maximum atomic E-state index is 11.3. The number of fused-ring (bicyclic) bond motifs is 1. The molecule has 1 aliphatic rings. The van der Waals surface area contributed by atoms with Crippen molar-refractivity contribution in [2.24, 2.45) is 7.05 Å². The van der Waals surface area contributed by atoms with Crippen LogP contribution in [0.2, 0.25) is 0 Å². The molecule has 3 rings (SSSR count). The maximum Gasteiger partial charge on any atom is 0.357 e. The fraction of sp³-hybridized carbons (Fsp3) is 0.286. The van der Waals surface area contributed by atoms with Gasteiger partial charge in [0.1, 0.15) is 5.82 Å². The molecular weight excluding hydrogens is 242 g/mol. The number of nitrogens with zero attached hydrogens (tertiary/aromatic N) is 2. The monoisotopic (exact) mass is 257 g/mol. The van der Waals surface area contributed by atoms with E-state index < -0.39 is 5.97 Å². The summed E-state index contributed by atoms with van der Waals surface area (Å²) < 4.78 is 1.41. The van der Waals surface area contributed by atoms with Crippen LogP contribution in [0.4, 0.5) is 5.82 Å². The van der Waals surface area contributed by atoms with Gasteiger partial charge in [-0.1, -0.05) is 18.2 Å². The lowest BCUT2D eigenvalue weighted by molar-refractivity contribution is 0.0690. The van der Waals surface area contributed by atoms with Gasteiger partial charge in [0, 0.05) is 7.05 Å². The number of aromatic carboxylic acids is 1. The summed E-state index contributed by atoms with van der Waals surface area (Å²) in [6.45, 7) is 0. The average Bonchev–Trinajstić information content (AvgIpc) is 2.94. The van der Waals surface area contributed by atoms with E-state index in [1.165, 1.54) is 15.8 Å². The lowest BCUT2D eigenvalue weighted by atomic mass is 10.00. The van der Waals surface area contributed by atoms with E-state index in [1.807, 2.05) is 12.1 Å². The van der Waals surface area contributed by atoms with Gasteiger partial charge in [-0.3, -0.25) is 4.68 Å². The van der Waals surface area contributed by atoms with Gasteiger partial charge in [0.05, 0.1) is 5.56 Å². The number of nitrogens with two attached hydrogens (primary N) is 1. The quantitative estimate of drug-likeness (QED) is 0.860. The predicted molar refractivity (Wildman–Crippen MR) is 72.0 cm³/mol. The van der Waals surface area contributed by atoms with Gasteiger partial charge < -0.3 is 10.8 Å². The van der Waals surface area contributed by atoms with E-state index in [9.17, 15) is 9.90 Å². The molecule has 0 atom stereocenters. The number of carboxylic acid groups (broad SMARTS) is 1. The normalized spacial score (nSPS) is 13.5. The van der Waals surface area contributed by atoms with E-state index in [4.69, 9.17) is 5.73 Å². The summed E-state index contributed by atoms with van der Waals surface area (Å²) >= 11 is 0. The smallest absolute Gasteiger partial charge is 0.357 e. The van der Waals surface area contributed by atoms with E-state index in [2.05, 4.69) is 11.2 Å². The SMILES string of the molecule is Cn1nc(C(=O)O)c(-c2ccc3c(c2)CCC3)c1N. The number of nitrogen functional groups attached to an aromatic ring is 1. The summed E-state index contributed by atoms with van der Waals surface area (Å²) in [6.07, 6.45) is 3.31. The molecule has 5 nitrogen and oxygen atoms in total. The molecule has 0 amide bonds. The van der Waals surface area contributed by atoms with Gasteiger partial charge in [-0.2, -0.15) is 5.10 Å². The molecule has 1 aromatic carbocycles. The van der Waals surface area contributed by atoms with Crippen LogP contribution in [0.25, 0.3) is 11.1 Å². The van der Waals surface area contributed by atoms with Crippen molar-refractivity contribution in [3.8, 4) is 11.1 Å². The highest BCUT2D eigenvalue weighted by molar-refractivity contribution is 5.97. The Labute approximate surface area is 110 Å². The van der Waals surface area contributed by atoms with Gasteiger partial charge in [0.2, 0.25) is 0 Å². The zero-order chi connectivity index (χ0) is 13.6. The Morgan fingerprint density at radius 3 is 2.84 bits per heavy atom. The van der Waals surface area contributed by atoms with Crippen LogP contribution in [0.3, 0.4) is 0 Å². The fourth-order valence-corrected chi connectivity index (χ4v) is 2.70. The van der Waals surface area contributed by atoms with Gasteiger partial charge in [-0.05, 0) is 36.0 Å². The predicted octanol–water partition coefficient (Wildman–Crippen LogP) is 1.86. The standard InChI is InChI=1S/C14H15N3O2/c1-17-13(15)11(12(16-17)14(18)19)10-6-5-8-3-2-4-9(8)7-10/h5-7H,2-4,15H2,1H3,(H,18,19). The van der Waals surface area contributed by atoms with E-state index in [0.29, 0.717) is 11.4 Å². The Kier molecular flexibility index (Phi) is 2.55. The molecule has 0 fully saturated rings. The number of anilines is 1. The molecule has 1 aromatic heterocycles. The summed E-state index contributed by atoms with van der Waals surface area (Å²) in [7, 11) is 1.65. The van der Waals surface area contributed by atoms with Crippen molar-refractivity contribution >= 4 is 11.8 Å². The van der Waals surface area contributed by atoms with Gasteiger partial charge in [0.25, 0.3) is 0 Å². The summed E-state index contributed by atoms with van der Waals surface area (Å²) in [5, 5.41) is 13.2. The number of carboxylic acids is 1. The Morgan fingerprint density at radius 1 is 1.37 bits per heavy atom. The molecule has 0 aliphatic heterocycles. The molecule has 1 aliphatic carbocycles. The number of hydrogen-bond acceptors (Lipinski definition) is 3. The zero-order valence-corrected chi connectivity index (χ0v) is 10.7. The molecule has 0 unspecified atom stereocenters. The van der Waals surface area contributed by atoms with Gasteiger partial charge >= 0.3 is 5.97 Å². The highest BCUT2D eigenvalue weighted by Crippen LogP contribution is 2.33. The van der Waals surface area contributed by atoms with Crippen LogP contribution < -0.4 is 5.73 Å². The topological polar surface area (TPSA) is 81.1 Å². The van der Waals surface area contributed by atoms with Crippen LogP contribution in [0, 0.1) is 0 Å². The molecule has 98 valence electrons. The Morgan fingerprint density at radius 2 is 2.11 bits per heavy atom. The first-order chi connectivity index (χ1) is 9.08. The molecule has 0 saturated carbocycles. The second-order valence-corrected chi connectivity index (χ2v) is 4.87. The molecule has 3 N–H and O–H groups in total. The first-order valence-corrected chi connectivity index (χ1v) is 6.26.